The molecule has 0 spiro atoms. The zero-order valence-corrected chi connectivity index (χ0v) is 37.9. The molecule has 3 fully saturated rings. The number of hydrogen-bond acceptors (Lipinski definition) is 10. The number of halogens is 1. The fourth-order valence-electron chi connectivity index (χ4n) is 9.88. The second kappa shape index (κ2) is 17.0. The molecule has 4 atom stereocenters. The summed E-state index contributed by atoms with van der Waals surface area (Å²) in [5.74, 6) is 1.05. The van der Waals surface area contributed by atoms with Crippen molar-refractivity contribution in [1.82, 2.24) is 39.6 Å². The molecule has 3 N–H and O–H groups in total. The minimum absolute atomic E-state index is 0.0636. The Bertz CT molecular complexity index is 2780. The predicted octanol–water partition coefficient (Wildman–Crippen LogP) is 9.42. The minimum Gasteiger partial charge on any atom is -0.464 e. The van der Waals surface area contributed by atoms with E-state index in [0.717, 1.165) is 57.6 Å². The molecule has 340 valence electrons. The Morgan fingerprint density at radius 2 is 1.58 bits per heavy atom. The molecule has 3 amide bonds. The molecule has 17 heteroatoms. The third kappa shape index (κ3) is 8.13. The number of aromatic nitrogens is 5. The van der Waals surface area contributed by atoms with Crippen LogP contribution in [0.15, 0.2) is 60.9 Å². The monoisotopic (exact) mass is 904 g/mol. The van der Waals surface area contributed by atoms with Crippen molar-refractivity contribution in [3.8, 4) is 39.5 Å². The van der Waals surface area contributed by atoms with Gasteiger partial charge in [-0.1, -0.05) is 6.07 Å². The summed E-state index contributed by atoms with van der Waals surface area (Å²) in [6.45, 7) is 9.79. The van der Waals surface area contributed by atoms with Crippen LogP contribution in [0.25, 0.3) is 44.7 Å². The van der Waals surface area contributed by atoms with Crippen LogP contribution in [0.2, 0.25) is 0 Å². The molecule has 10 rings (SSSR count). The third-order valence-electron chi connectivity index (χ3n) is 12.9. The second-order valence-electron chi connectivity index (χ2n) is 18.4. The number of imidazole rings is 2. The number of aromatic amines is 2. The first kappa shape index (κ1) is 42.7. The van der Waals surface area contributed by atoms with Crippen LogP contribution in [-0.4, -0.2) is 97.5 Å². The fourth-order valence-corrected chi connectivity index (χ4v) is 10.8. The van der Waals surface area contributed by atoms with Gasteiger partial charge >= 0.3 is 12.2 Å². The molecular formula is C48H53FN8O7S. The van der Waals surface area contributed by atoms with Crippen LogP contribution in [0.1, 0.15) is 99.0 Å². The lowest BCUT2D eigenvalue weighted by molar-refractivity contribution is -0.136. The number of carbonyl (C=O) groups is 3. The van der Waals surface area contributed by atoms with Gasteiger partial charge in [-0.05, 0) is 115 Å². The fraction of sp³-hybridized carbons (Fsp3) is 0.438. The topological polar surface area (TPSA) is 169 Å². The molecule has 6 aromatic rings. The van der Waals surface area contributed by atoms with Crippen LogP contribution < -0.4 is 10.1 Å². The van der Waals surface area contributed by atoms with Gasteiger partial charge in [0.25, 0.3) is 0 Å². The van der Waals surface area contributed by atoms with Gasteiger partial charge in [-0.15, -0.1) is 11.3 Å². The van der Waals surface area contributed by atoms with Crippen LogP contribution in [0, 0.1) is 18.7 Å². The lowest BCUT2D eigenvalue weighted by atomic mass is 9.90. The second-order valence-corrected chi connectivity index (χ2v) is 19.7. The van der Waals surface area contributed by atoms with Crippen molar-refractivity contribution in [2.75, 3.05) is 33.4 Å². The van der Waals surface area contributed by atoms with Crippen molar-refractivity contribution in [3.05, 3.63) is 88.1 Å². The van der Waals surface area contributed by atoms with E-state index in [0.29, 0.717) is 79.1 Å². The maximum atomic E-state index is 16.7. The molecule has 4 aromatic heterocycles. The summed E-state index contributed by atoms with van der Waals surface area (Å²) in [6, 6.07) is 14.3. The van der Waals surface area contributed by atoms with Crippen molar-refractivity contribution in [2.24, 2.45) is 5.92 Å². The Labute approximate surface area is 379 Å². The van der Waals surface area contributed by atoms with Crippen LogP contribution >= 0.6 is 11.3 Å². The Kier molecular flexibility index (Phi) is 11.2. The number of aryl methyl sites for hydroxylation is 1. The molecule has 0 aliphatic carbocycles. The average Bonchev–Trinajstić information content (AvgIpc) is 4.15. The number of fused-ring (bicyclic) bond motifs is 5. The van der Waals surface area contributed by atoms with Gasteiger partial charge in [0.15, 0.2) is 0 Å². The van der Waals surface area contributed by atoms with E-state index in [1.165, 1.54) is 13.2 Å². The van der Waals surface area contributed by atoms with Gasteiger partial charge < -0.3 is 39.1 Å². The Balaban J connectivity index is 0.952. The van der Waals surface area contributed by atoms with Gasteiger partial charge in [0.05, 0.1) is 64.6 Å². The van der Waals surface area contributed by atoms with E-state index in [4.69, 9.17) is 23.9 Å². The number of rotatable bonds is 8. The highest BCUT2D eigenvalue weighted by Gasteiger charge is 2.41. The molecule has 0 bridgehead atoms. The molecular weight excluding hydrogens is 852 g/mol. The summed E-state index contributed by atoms with van der Waals surface area (Å²) in [4.78, 5) is 61.6. The van der Waals surface area contributed by atoms with Crippen molar-refractivity contribution in [1.29, 1.82) is 0 Å². The summed E-state index contributed by atoms with van der Waals surface area (Å²) < 4.78 is 41.7. The summed E-state index contributed by atoms with van der Waals surface area (Å²) in [6.07, 6.45) is 6.32. The smallest absolute Gasteiger partial charge is 0.410 e. The normalized spacial score (nSPS) is 20.4. The summed E-state index contributed by atoms with van der Waals surface area (Å²) in [7, 11) is 1.30. The number of hydrogen-bond donors (Lipinski definition) is 3. The number of carbonyl (C=O) groups excluding carboxylic acids is 3. The number of alkyl carbamates (subject to hydrolysis) is 1. The highest BCUT2D eigenvalue weighted by molar-refractivity contribution is 7.12. The highest BCUT2D eigenvalue weighted by atomic mass is 32.1. The van der Waals surface area contributed by atoms with Crippen LogP contribution in [0.4, 0.5) is 14.0 Å². The maximum absolute atomic E-state index is 16.7. The number of likely N-dealkylation sites (tertiary alicyclic amines) is 2. The molecule has 0 radical (unpaired) electrons. The first-order valence-corrected chi connectivity index (χ1v) is 23.2. The Morgan fingerprint density at radius 1 is 0.892 bits per heavy atom. The summed E-state index contributed by atoms with van der Waals surface area (Å²) in [5.41, 5.74) is 4.15. The number of benzene rings is 2. The van der Waals surface area contributed by atoms with Crippen LogP contribution in [0.3, 0.4) is 0 Å². The van der Waals surface area contributed by atoms with E-state index in [1.54, 1.807) is 28.6 Å². The van der Waals surface area contributed by atoms with Gasteiger partial charge in [-0.2, -0.15) is 0 Å². The van der Waals surface area contributed by atoms with E-state index < -0.39 is 29.8 Å². The maximum Gasteiger partial charge on any atom is 0.410 e. The predicted molar refractivity (Wildman–Crippen MR) is 242 cm³/mol. The van der Waals surface area contributed by atoms with Gasteiger partial charge in [0, 0.05) is 47.7 Å². The van der Waals surface area contributed by atoms with E-state index in [1.807, 2.05) is 49.9 Å². The molecule has 8 heterocycles. The number of thiophene rings is 1. The minimum atomic E-state index is -0.726. The molecule has 4 aliphatic rings. The number of methoxy groups -OCH3 is 1. The van der Waals surface area contributed by atoms with Crippen molar-refractivity contribution in [3.63, 3.8) is 0 Å². The quantitative estimate of drug-likeness (QED) is 0.135. The van der Waals surface area contributed by atoms with Gasteiger partial charge in [0.1, 0.15) is 34.9 Å². The number of nitrogens with zero attached hydrogens (tertiary/aromatic N) is 5. The van der Waals surface area contributed by atoms with Crippen molar-refractivity contribution >= 4 is 40.3 Å². The van der Waals surface area contributed by atoms with E-state index >= 15 is 4.39 Å². The number of amides is 3. The SMILES string of the molecule is COC(=O)NC(C(=O)N1CCCC1c1ncc(-c2ccc3c(c2)cc2n3C(c3ccc(C)s3)Oc3cc(-c4cnc(C5CCCN5C(=O)OC(C)(C)C)[nH]4)cc(F)c3-2)[nH]1)C1CCOCC1. The third-order valence-corrected chi connectivity index (χ3v) is 14.0. The first-order chi connectivity index (χ1) is 31.3. The van der Waals surface area contributed by atoms with Gasteiger partial charge in [-0.25, -0.2) is 23.9 Å². The highest BCUT2D eigenvalue weighted by Crippen LogP contribution is 2.48. The summed E-state index contributed by atoms with van der Waals surface area (Å²) >= 11 is 1.63. The standard InChI is InChI=1S/C48H53FN8O7S/c1-26-10-13-39(65-26)45-57-34-12-11-28(32-24-50-42(52-32)35-8-6-16-55(35)44(58)41(54-46(59)61-5)27-14-18-62-19-15-27)20-30(34)22-37(57)40-31(49)21-29(23-38(40)63-45)33-25-51-43(53-33)36-9-7-17-56(36)47(60)64-48(2,3)4/h10-13,20-25,27,35-36,41,45H,6-9,14-19H2,1-5H3,(H,50,52)(H,51,53)(H,54,59). The zero-order valence-electron chi connectivity index (χ0n) is 37.1. The van der Waals surface area contributed by atoms with Crippen molar-refractivity contribution in [2.45, 2.75) is 96.2 Å². The molecule has 3 saturated heterocycles. The largest absolute Gasteiger partial charge is 0.464 e. The lowest BCUT2D eigenvalue weighted by Crippen LogP contribution is -2.53. The van der Waals surface area contributed by atoms with E-state index in [9.17, 15) is 14.4 Å². The van der Waals surface area contributed by atoms with Gasteiger partial charge in [0.2, 0.25) is 12.1 Å². The van der Waals surface area contributed by atoms with Crippen molar-refractivity contribution < 1.29 is 37.7 Å². The molecule has 65 heavy (non-hydrogen) atoms. The number of nitrogens with one attached hydrogen (secondary N) is 3. The Hall–Kier alpha value is -6.20. The molecule has 15 nitrogen and oxygen atoms in total. The average molecular weight is 905 g/mol. The van der Waals surface area contributed by atoms with Crippen LogP contribution in [0.5, 0.6) is 5.75 Å². The Morgan fingerprint density at radius 3 is 2.26 bits per heavy atom. The van der Waals surface area contributed by atoms with Crippen LogP contribution in [-0.2, 0) is 19.0 Å². The van der Waals surface area contributed by atoms with E-state index in [-0.39, 0.29) is 30.0 Å². The molecule has 4 unspecified atom stereocenters. The number of ether oxygens (including phenoxy) is 4. The lowest BCUT2D eigenvalue weighted by Gasteiger charge is -2.34. The summed E-state index contributed by atoms with van der Waals surface area (Å²) in [5, 5.41) is 3.71. The van der Waals surface area contributed by atoms with Gasteiger partial charge in [-0.3, -0.25) is 14.3 Å². The molecule has 2 aromatic carbocycles. The zero-order chi connectivity index (χ0) is 45.1. The first-order valence-electron chi connectivity index (χ1n) is 22.4. The molecule has 0 saturated carbocycles. The number of H-pyrrole nitrogens is 2. The van der Waals surface area contributed by atoms with E-state index in [2.05, 4.69) is 50.0 Å². The molecule has 4 aliphatic heterocycles.